The van der Waals surface area contributed by atoms with Crippen molar-refractivity contribution in [2.24, 2.45) is 0 Å². The number of aryl methyl sites for hydroxylation is 1. The van der Waals surface area contributed by atoms with Gasteiger partial charge in [-0.2, -0.15) is 0 Å². The van der Waals surface area contributed by atoms with Crippen molar-refractivity contribution in [3.05, 3.63) is 47.0 Å². The van der Waals surface area contributed by atoms with Gasteiger partial charge in [0.05, 0.1) is 12.1 Å². The number of hydrogen-bond acceptors (Lipinski definition) is 2. The summed E-state index contributed by atoms with van der Waals surface area (Å²) in [6.07, 6.45) is 0. The van der Waals surface area contributed by atoms with E-state index in [2.05, 4.69) is 0 Å². The Balaban J connectivity index is 2.61. The van der Waals surface area contributed by atoms with Crippen LogP contribution in [0.15, 0.2) is 36.4 Å². The predicted molar refractivity (Wildman–Crippen MR) is 69.8 cm³/mol. The molecule has 0 aromatic heterocycles. The molecule has 0 unspecified atom stereocenters. The highest BCUT2D eigenvalue weighted by Gasteiger charge is 2.11. The molecular weight excluding hydrogens is 236 g/mol. The van der Waals surface area contributed by atoms with Gasteiger partial charge in [0, 0.05) is 5.56 Å². The molecule has 0 amide bonds. The van der Waals surface area contributed by atoms with Gasteiger partial charge in [-0.1, -0.05) is 23.7 Å². The maximum absolute atomic E-state index is 9.28. The van der Waals surface area contributed by atoms with Gasteiger partial charge in [0.2, 0.25) is 0 Å². The number of hydrogen-bond donors (Lipinski definition) is 1. The summed E-state index contributed by atoms with van der Waals surface area (Å²) in [7, 11) is 1.62. The van der Waals surface area contributed by atoms with Crippen LogP contribution >= 0.6 is 11.6 Å². The number of aromatic hydroxyl groups is 1. The number of rotatable bonds is 2. The molecule has 0 aliphatic rings. The summed E-state index contributed by atoms with van der Waals surface area (Å²) < 4.78 is 5.34. The quantitative estimate of drug-likeness (QED) is 0.870. The third kappa shape index (κ3) is 2.37. The summed E-state index contributed by atoms with van der Waals surface area (Å²) in [5, 5.41) is 9.93. The molecule has 2 nitrogen and oxygen atoms in total. The summed E-state index contributed by atoms with van der Waals surface area (Å²) >= 11 is 6.25. The number of ether oxygens (including phenoxy) is 1. The van der Waals surface area contributed by atoms with Gasteiger partial charge in [0.1, 0.15) is 11.5 Å². The Hall–Kier alpha value is -1.67. The fourth-order valence-electron chi connectivity index (χ4n) is 1.78. The van der Waals surface area contributed by atoms with Crippen molar-refractivity contribution < 1.29 is 9.84 Å². The number of methoxy groups -OCH3 is 1. The van der Waals surface area contributed by atoms with Crippen molar-refractivity contribution in [1.29, 1.82) is 0 Å². The lowest BCUT2D eigenvalue weighted by Gasteiger charge is -2.12. The van der Waals surface area contributed by atoms with Crippen molar-refractivity contribution in [3.63, 3.8) is 0 Å². The van der Waals surface area contributed by atoms with E-state index in [1.54, 1.807) is 19.2 Å². The van der Waals surface area contributed by atoms with Crippen LogP contribution in [0.3, 0.4) is 0 Å². The zero-order chi connectivity index (χ0) is 12.4. The lowest BCUT2D eigenvalue weighted by atomic mass is 10.0. The Kier molecular flexibility index (Phi) is 3.25. The van der Waals surface area contributed by atoms with Gasteiger partial charge >= 0.3 is 0 Å². The highest BCUT2D eigenvalue weighted by molar-refractivity contribution is 6.33. The molecule has 2 rings (SSSR count). The van der Waals surface area contributed by atoms with Crippen molar-refractivity contribution in [3.8, 4) is 22.6 Å². The molecule has 0 bridgehead atoms. The van der Waals surface area contributed by atoms with Crippen LogP contribution < -0.4 is 4.74 Å². The van der Waals surface area contributed by atoms with E-state index in [-0.39, 0.29) is 5.75 Å². The first-order valence-electron chi connectivity index (χ1n) is 5.25. The summed E-state index contributed by atoms with van der Waals surface area (Å²) in [4.78, 5) is 0. The van der Waals surface area contributed by atoms with E-state index in [1.807, 2.05) is 31.2 Å². The first kappa shape index (κ1) is 11.8. The molecule has 2 aromatic carbocycles. The van der Waals surface area contributed by atoms with E-state index in [1.165, 1.54) is 0 Å². The zero-order valence-electron chi connectivity index (χ0n) is 9.70. The van der Waals surface area contributed by atoms with E-state index < -0.39 is 0 Å². The molecule has 0 fully saturated rings. The van der Waals surface area contributed by atoms with Crippen LogP contribution in [-0.4, -0.2) is 12.2 Å². The van der Waals surface area contributed by atoms with Crippen LogP contribution in [0, 0.1) is 6.92 Å². The molecule has 0 atom stereocenters. The molecule has 0 saturated carbocycles. The highest BCUT2D eigenvalue weighted by Crippen LogP contribution is 2.37. The number of phenolic OH excluding ortho intramolecular Hbond substituents is 1. The Morgan fingerprint density at radius 2 is 1.76 bits per heavy atom. The molecule has 2 aromatic rings. The Labute approximate surface area is 105 Å². The lowest BCUT2D eigenvalue weighted by Crippen LogP contribution is -1.90. The molecule has 0 aliphatic heterocycles. The average molecular weight is 249 g/mol. The fourth-order valence-corrected chi connectivity index (χ4v) is 2.15. The van der Waals surface area contributed by atoms with Gasteiger partial charge in [0.15, 0.2) is 0 Å². The minimum absolute atomic E-state index is 0.232. The third-order valence-corrected chi connectivity index (χ3v) is 2.87. The molecule has 0 spiro atoms. The molecule has 88 valence electrons. The Morgan fingerprint density at radius 1 is 1.12 bits per heavy atom. The molecule has 1 N–H and O–H groups in total. The summed E-state index contributed by atoms with van der Waals surface area (Å²) in [6.45, 7) is 1.97. The van der Waals surface area contributed by atoms with Gasteiger partial charge in [-0.3, -0.25) is 0 Å². The van der Waals surface area contributed by atoms with Gasteiger partial charge in [-0.25, -0.2) is 0 Å². The van der Waals surface area contributed by atoms with Gasteiger partial charge < -0.3 is 9.84 Å². The molecule has 0 radical (unpaired) electrons. The second-order valence-electron chi connectivity index (χ2n) is 3.87. The van der Waals surface area contributed by atoms with Crippen LogP contribution in [-0.2, 0) is 0 Å². The summed E-state index contributed by atoms with van der Waals surface area (Å²) in [5.74, 6) is 0.969. The van der Waals surface area contributed by atoms with Gasteiger partial charge in [-0.15, -0.1) is 0 Å². The van der Waals surface area contributed by atoms with Crippen LogP contribution in [0.4, 0.5) is 0 Å². The van der Waals surface area contributed by atoms with E-state index in [4.69, 9.17) is 16.3 Å². The Morgan fingerprint density at radius 3 is 2.35 bits per heavy atom. The first-order valence-corrected chi connectivity index (χ1v) is 5.63. The van der Waals surface area contributed by atoms with Crippen LogP contribution in [0.2, 0.25) is 5.02 Å². The van der Waals surface area contributed by atoms with E-state index in [9.17, 15) is 5.11 Å². The number of phenols is 1. The minimum atomic E-state index is 0.232. The molecule has 0 saturated heterocycles. The van der Waals surface area contributed by atoms with Crippen LogP contribution in [0.5, 0.6) is 11.5 Å². The molecule has 3 heteroatoms. The van der Waals surface area contributed by atoms with Crippen LogP contribution in [0.1, 0.15) is 5.56 Å². The maximum Gasteiger partial charge on any atom is 0.128 e. The molecule has 17 heavy (non-hydrogen) atoms. The maximum atomic E-state index is 9.28. The normalized spacial score (nSPS) is 10.3. The third-order valence-electron chi connectivity index (χ3n) is 2.57. The van der Waals surface area contributed by atoms with Crippen molar-refractivity contribution >= 4 is 11.6 Å². The van der Waals surface area contributed by atoms with Gasteiger partial charge in [0.25, 0.3) is 0 Å². The summed E-state index contributed by atoms with van der Waals surface area (Å²) in [6, 6.07) is 10.7. The Bertz CT molecular complexity index is 533. The average Bonchev–Trinajstić information content (AvgIpc) is 2.30. The largest absolute Gasteiger partial charge is 0.508 e. The topological polar surface area (TPSA) is 29.5 Å². The summed E-state index contributed by atoms with van der Waals surface area (Å²) in [5.41, 5.74) is 2.82. The highest BCUT2D eigenvalue weighted by atomic mass is 35.5. The second-order valence-corrected chi connectivity index (χ2v) is 4.28. The standard InChI is InChI=1S/C14H13ClO2/c1-9-7-12(15)14(13(8-9)17-2)10-3-5-11(16)6-4-10/h3-8,16H,1-2H3. The lowest BCUT2D eigenvalue weighted by molar-refractivity contribution is 0.416. The van der Waals surface area contributed by atoms with E-state index in [0.717, 1.165) is 22.4 Å². The number of benzene rings is 2. The van der Waals surface area contributed by atoms with Crippen molar-refractivity contribution in [1.82, 2.24) is 0 Å². The van der Waals surface area contributed by atoms with Crippen LogP contribution in [0.25, 0.3) is 11.1 Å². The van der Waals surface area contributed by atoms with Gasteiger partial charge in [-0.05, 0) is 42.3 Å². The smallest absolute Gasteiger partial charge is 0.128 e. The minimum Gasteiger partial charge on any atom is -0.508 e. The molecule has 0 heterocycles. The first-order chi connectivity index (χ1) is 8.11. The predicted octanol–water partition coefficient (Wildman–Crippen LogP) is 4.03. The molecule has 0 aliphatic carbocycles. The number of halogens is 1. The zero-order valence-corrected chi connectivity index (χ0v) is 10.5. The SMILES string of the molecule is COc1cc(C)cc(Cl)c1-c1ccc(O)cc1. The second kappa shape index (κ2) is 4.68. The van der Waals surface area contributed by atoms with E-state index in [0.29, 0.717) is 5.02 Å². The monoisotopic (exact) mass is 248 g/mol. The fraction of sp³-hybridized carbons (Fsp3) is 0.143. The van der Waals surface area contributed by atoms with Crippen molar-refractivity contribution in [2.45, 2.75) is 6.92 Å². The van der Waals surface area contributed by atoms with Crippen molar-refractivity contribution in [2.75, 3.05) is 7.11 Å². The molecular formula is C14H13ClO2. The van der Waals surface area contributed by atoms with E-state index >= 15 is 0 Å².